The smallest absolute Gasteiger partial charge is 0.128 e. The molecule has 0 N–H and O–H groups in total. The quantitative estimate of drug-likeness (QED) is 0.825. The van der Waals surface area contributed by atoms with Gasteiger partial charge in [-0.2, -0.15) is 0 Å². The van der Waals surface area contributed by atoms with E-state index < -0.39 is 0 Å². The predicted molar refractivity (Wildman–Crippen MR) is 86.3 cm³/mol. The highest BCUT2D eigenvalue weighted by Gasteiger charge is 2.32. The Labute approximate surface area is 124 Å². The van der Waals surface area contributed by atoms with E-state index in [9.17, 15) is 0 Å². The zero-order valence-corrected chi connectivity index (χ0v) is 13.8. The van der Waals surface area contributed by atoms with Gasteiger partial charge in [-0.25, -0.2) is 4.98 Å². The lowest BCUT2D eigenvalue weighted by Crippen LogP contribution is -2.58. The molecule has 20 heavy (non-hydrogen) atoms. The van der Waals surface area contributed by atoms with E-state index in [1.54, 1.807) is 0 Å². The number of hydrogen-bond donors (Lipinski definition) is 0. The van der Waals surface area contributed by atoms with E-state index in [0.717, 1.165) is 25.5 Å². The molecule has 1 aliphatic heterocycles. The highest BCUT2D eigenvalue weighted by atomic mass is 15.3. The van der Waals surface area contributed by atoms with Crippen LogP contribution in [0.3, 0.4) is 0 Å². The first-order valence-electron chi connectivity index (χ1n) is 7.69. The van der Waals surface area contributed by atoms with Gasteiger partial charge in [-0.1, -0.05) is 20.8 Å². The number of pyridine rings is 1. The average molecular weight is 275 g/mol. The normalized spacial score (nSPS) is 25.0. The molecule has 1 aromatic heterocycles. The van der Waals surface area contributed by atoms with Gasteiger partial charge in [0.2, 0.25) is 0 Å². The van der Waals surface area contributed by atoms with Crippen molar-refractivity contribution in [1.82, 2.24) is 9.88 Å². The molecule has 112 valence electrons. The van der Waals surface area contributed by atoms with Crippen LogP contribution in [-0.2, 0) is 0 Å². The van der Waals surface area contributed by atoms with Gasteiger partial charge in [-0.3, -0.25) is 4.90 Å². The lowest BCUT2D eigenvalue weighted by molar-refractivity contribution is 0.0881. The number of anilines is 1. The van der Waals surface area contributed by atoms with E-state index in [-0.39, 0.29) is 0 Å². The van der Waals surface area contributed by atoms with Crippen LogP contribution < -0.4 is 4.90 Å². The molecule has 0 unspecified atom stereocenters. The van der Waals surface area contributed by atoms with E-state index in [2.05, 4.69) is 68.5 Å². The van der Waals surface area contributed by atoms with Crippen LogP contribution in [0.4, 0.5) is 5.82 Å². The van der Waals surface area contributed by atoms with Crippen molar-refractivity contribution in [2.24, 2.45) is 5.41 Å². The number of piperazine rings is 1. The Morgan fingerprint density at radius 2 is 1.80 bits per heavy atom. The Kier molecular flexibility index (Phi) is 4.38. The highest BCUT2D eigenvalue weighted by Crippen LogP contribution is 2.25. The second-order valence-corrected chi connectivity index (χ2v) is 7.53. The molecule has 0 aromatic carbocycles. The molecule has 1 aromatic rings. The summed E-state index contributed by atoms with van der Waals surface area (Å²) in [5.41, 5.74) is 1.64. The Balaban J connectivity index is 2.09. The molecule has 2 rings (SSSR count). The zero-order valence-electron chi connectivity index (χ0n) is 13.8. The summed E-state index contributed by atoms with van der Waals surface area (Å²) in [6.07, 6.45) is 1.92. The molecule has 0 amide bonds. The monoisotopic (exact) mass is 275 g/mol. The van der Waals surface area contributed by atoms with Crippen LogP contribution in [0.2, 0.25) is 0 Å². The molecule has 1 saturated heterocycles. The van der Waals surface area contributed by atoms with Crippen molar-refractivity contribution in [2.45, 2.75) is 53.6 Å². The van der Waals surface area contributed by atoms with Gasteiger partial charge in [-0.05, 0) is 43.9 Å². The number of rotatable bonds is 2. The summed E-state index contributed by atoms with van der Waals surface area (Å²) in [6.45, 7) is 17.1. The molecule has 0 radical (unpaired) electrons. The Bertz CT molecular complexity index is 438. The Morgan fingerprint density at radius 3 is 2.30 bits per heavy atom. The van der Waals surface area contributed by atoms with Crippen molar-refractivity contribution < 1.29 is 0 Å². The molecule has 1 aliphatic rings. The van der Waals surface area contributed by atoms with Gasteiger partial charge in [0.15, 0.2) is 0 Å². The molecule has 3 nitrogen and oxygen atoms in total. The fourth-order valence-corrected chi connectivity index (χ4v) is 3.10. The third-order valence-corrected chi connectivity index (χ3v) is 3.98. The van der Waals surface area contributed by atoms with E-state index in [1.807, 2.05) is 6.20 Å². The first-order chi connectivity index (χ1) is 9.26. The topological polar surface area (TPSA) is 19.4 Å². The van der Waals surface area contributed by atoms with E-state index in [4.69, 9.17) is 0 Å². The molecule has 1 fully saturated rings. The minimum atomic E-state index is 0.353. The van der Waals surface area contributed by atoms with E-state index in [1.165, 1.54) is 5.56 Å². The maximum absolute atomic E-state index is 4.54. The SMILES string of the molecule is Cc1ccnc(N2C[C@@H](C)N(CC(C)(C)C)[C@@H](C)C2)c1. The molecule has 0 saturated carbocycles. The largest absolute Gasteiger partial charge is 0.353 e. The number of aromatic nitrogens is 1. The summed E-state index contributed by atoms with van der Waals surface area (Å²) in [5, 5.41) is 0. The van der Waals surface area contributed by atoms with Gasteiger partial charge in [0, 0.05) is 37.9 Å². The van der Waals surface area contributed by atoms with Gasteiger partial charge in [-0.15, -0.1) is 0 Å². The van der Waals surface area contributed by atoms with Crippen LogP contribution in [-0.4, -0.2) is 41.6 Å². The fourth-order valence-electron chi connectivity index (χ4n) is 3.10. The minimum Gasteiger partial charge on any atom is -0.353 e. The van der Waals surface area contributed by atoms with Crippen LogP contribution >= 0.6 is 0 Å². The maximum atomic E-state index is 4.54. The van der Waals surface area contributed by atoms with Crippen molar-refractivity contribution in [1.29, 1.82) is 0 Å². The zero-order chi connectivity index (χ0) is 14.9. The number of aryl methyl sites for hydroxylation is 1. The van der Waals surface area contributed by atoms with Crippen molar-refractivity contribution in [2.75, 3.05) is 24.5 Å². The summed E-state index contributed by atoms with van der Waals surface area (Å²) >= 11 is 0. The van der Waals surface area contributed by atoms with Crippen LogP contribution in [0.5, 0.6) is 0 Å². The van der Waals surface area contributed by atoms with E-state index in [0.29, 0.717) is 17.5 Å². The van der Waals surface area contributed by atoms with Crippen LogP contribution in [0.15, 0.2) is 18.3 Å². The first-order valence-corrected chi connectivity index (χ1v) is 7.69. The molecular weight excluding hydrogens is 246 g/mol. The second kappa shape index (κ2) is 5.72. The molecule has 2 heterocycles. The first kappa shape index (κ1) is 15.3. The maximum Gasteiger partial charge on any atom is 0.128 e. The van der Waals surface area contributed by atoms with Crippen LogP contribution in [0, 0.1) is 12.3 Å². The Morgan fingerprint density at radius 1 is 1.20 bits per heavy atom. The Hall–Kier alpha value is -1.09. The summed E-state index contributed by atoms with van der Waals surface area (Å²) in [5.74, 6) is 1.12. The second-order valence-electron chi connectivity index (χ2n) is 7.53. The molecule has 0 bridgehead atoms. The highest BCUT2D eigenvalue weighted by molar-refractivity contribution is 5.41. The minimum absolute atomic E-state index is 0.353. The number of nitrogens with zero attached hydrogens (tertiary/aromatic N) is 3. The summed E-state index contributed by atoms with van der Waals surface area (Å²) in [7, 11) is 0. The molecule has 2 atom stereocenters. The summed E-state index contributed by atoms with van der Waals surface area (Å²) in [6, 6.07) is 5.39. The average Bonchev–Trinajstić information content (AvgIpc) is 2.32. The molecule has 3 heteroatoms. The summed E-state index contributed by atoms with van der Waals surface area (Å²) in [4.78, 5) is 9.62. The third-order valence-electron chi connectivity index (χ3n) is 3.98. The molecule has 0 spiro atoms. The molecule has 0 aliphatic carbocycles. The van der Waals surface area contributed by atoms with Crippen molar-refractivity contribution in [3.8, 4) is 0 Å². The van der Waals surface area contributed by atoms with Crippen LogP contribution in [0.1, 0.15) is 40.2 Å². The predicted octanol–water partition coefficient (Wildman–Crippen LogP) is 3.34. The van der Waals surface area contributed by atoms with Crippen LogP contribution in [0.25, 0.3) is 0 Å². The van der Waals surface area contributed by atoms with Crippen molar-refractivity contribution >= 4 is 5.82 Å². The van der Waals surface area contributed by atoms with Gasteiger partial charge >= 0.3 is 0 Å². The molecular formula is C17H29N3. The lowest BCUT2D eigenvalue weighted by Gasteiger charge is -2.47. The van der Waals surface area contributed by atoms with Crippen molar-refractivity contribution in [3.05, 3.63) is 23.9 Å². The third kappa shape index (κ3) is 3.72. The summed E-state index contributed by atoms with van der Waals surface area (Å²) < 4.78 is 0. The van der Waals surface area contributed by atoms with Crippen molar-refractivity contribution in [3.63, 3.8) is 0 Å². The van der Waals surface area contributed by atoms with E-state index >= 15 is 0 Å². The van der Waals surface area contributed by atoms with Gasteiger partial charge in [0.25, 0.3) is 0 Å². The fraction of sp³-hybridized carbons (Fsp3) is 0.706. The van der Waals surface area contributed by atoms with Gasteiger partial charge in [0.05, 0.1) is 0 Å². The lowest BCUT2D eigenvalue weighted by atomic mass is 9.93. The number of hydrogen-bond acceptors (Lipinski definition) is 3. The standard InChI is InChI=1S/C17H29N3/c1-13-7-8-18-16(9-13)19-10-14(2)20(15(3)11-19)12-17(4,5)6/h7-9,14-15H,10-12H2,1-6H3/t14-,15+. The van der Waals surface area contributed by atoms with Gasteiger partial charge < -0.3 is 4.90 Å². The van der Waals surface area contributed by atoms with Gasteiger partial charge in [0.1, 0.15) is 5.82 Å².